The summed E-state index contributed by atoms with van der Waals surface area (Å²) < 4.78 is 26.1. The molecule has 0 bridgehead atoms. The average molecular weight is 262 g/mol. The van der Waals surface area contributed by atoms with Crippen LogP contribution in [0.3, 0.4) is 0 Å². The third kappa shape index (κ3) is 5.36. The van der Waals surface area contributed by atoms with Gasteiger partial charge in [0.2, 0.25) is 10.0 Å². The van der Waals surface area contributed by atoms with Crippen molar-refractivity contribution in [1.29, 1.82) is 0 Å². The van der Waals surface area contributed by atoms with Crippen molar-refractivity contribution in [2.45, 2.75) is 52.0 Å². The molecule has 0 aromatic heterocycles. The molecule has 0 amide bonds. The summed E-state index contributed by atoms with van der Waals surface area (Å²) in [5, 5.41) is 3.42. The zero-order chi connectivity index (χ0) is 12.7. The third-order valence-corrected chi connectivity index (χ3v) is 4.97. The van der Waals surface area contributed by atoms with E-state index in [-0.39, 0.29) is 5.75 Å². The van der Waals surface area contributed by atoms with Crippen molar-refractivity contribution in [3.63, 3.8) is 0 Å². The normalized spacial score (nSPS) is 26.0. The van der Waals surface area contributed by atoms with E-state index in [9.17, 15) is 8.42 Å². The Morgan fingerprint density at radius 3 is 2.76 bits per heavy atom. The lowest BCUT2D eigenvalue weighted by molar-refractivity contribution is 0.273. The highest BCUT2D eigenvalue weighted by Crippen LogP contribution is 2.19. The SMILES string of the molecule is CCCCS(=O)(=O)NCC1NCCCC1CC. The van der Waals surface area contributed by atoms with Gasteiger partial charge in [0.05, 0.1) is 5.75 Å². The van der Waals surface area contributed by atoms with Gasteiger partial charge >= 0.3 is 0 Å². The topological polar surface area (TPSA) is 58.2 Å². The summed E-state index contributed by atoms with van der Waals surface area (Å²) in [6.45, 7) is 5.74. The monoisotopic (exact) mass is 262 g/mol. The highest BCUT2D eigenvalue weighted by atomic mass is 32.2. The van der Waals surface area contributed by atoms with E-state index >= 15 is 0 Å². The van der Waals surface area contributed by atoms with E-state index in [0.29, 0.717) is 18.5 Å². The molecule has 0 radical (unpaired) electrons. The molecule has 0 aromatic rings. The molecule has 1 heterocycles. The molecule has 2 N–H and O–H groups in total. The van der Waals surface area contributed by atoms with E-state index in [1.54, 1.807) is 0 Å². The molecule has 0 saturated carbocycles. The van der Waals surface area contributed by atoms with Crippen LogP contribution in [-0.4, -0.2) is 33.3 Å². The molecule has 102 valence electrons. The number of piperidine rings is 1. The van der Waals surface area contributed by atoms with Crippen molar-refractivity contribution in [3.05, 3.63) is 0 Å². The maximum absolute atomic E-state index is 11.7. The van der Waals surface area contributed by atoms with E-state index < -0.39 is 10.0 Å². The van der Waals surface area contributed by atoms with Gasteiger partial charge in [0.1, 0.15) is 0 Å². The van der Waals surface area contributed by atoms with E-state index in [0.717, 1.165) is 25.8 Å². The minimum absolute atomic E-state index is 0.257. The van der Waals surface area contributed by atoms with Crippen LogP contribution in [-0.2, 0) is 10.0 Å². The van der Waals surface area contributed by atoms with Crippen LogP contribution in [0, 0.1) is 5.92 Å². The Morgan fingerprint density at radius 2 is 2.12 bits per heavy atom. The second-order valence-electron chi connectivity index (χ2n) is 4.89. The standard InChI is InChI=1S/C12H26N2O2S/c1-3-5-9-17(15,16)14-10-12-11(4-2)7-6-8-13-12/h11-14H,3-10H2,1-2H3. The van der Waals surface area contributed by atoms with Gasteiger partial charge in [0, 0.05) is 12.6 Å². The minimum Gasteiger partial charge on any atom is -0.312 e. The molecule has 1 aliphatic rings. The average Bonchev–Trinajstić information content (AvgIpc) is 2.34. The highest BCUT2D eigenvalue weighted by molar-refractivity contribution is 7.89. The van der Waals surface area contributed by atoms with Gasteiger partial charge in [-0.1, -0.05) is 26.7 Å². The first-order valence-corrected chi connectivity index (χ1v) is 8.45. The Bertz CT molecular complexity index is 304. The van der Waals surface area contributed by atoms with Crippen molar-refractivity contribution in [3.8, 4) is 0 Å². The zero-order valence-corrected chi connectivity index (χ0v) is 11.9. The summed E-state index contributed by atoms with van der Waals surface area (Å²) in [5.74, 6) is 0.866. The van der Waals surface area contributed by atoms with E-state index in [4.69, 9.17) is 0 Å². The highest BCUT2D eigenvalue weighted by Gasteiger charge is 2.24. The molecule has 4 nitrogen and oxygen atoms in total. The number of unbranched alkanes of at least 4 members (excludes halogenated alkanes) is 1. The second-order valence-corrected chi connectivity index (χ2v) is 6.82. The fourth-order valence-corrected chi connectivity index (χ4v) is 3.62. The van der Waals surface area contributed by atoms with Gasteiger partial charge in [-0.3, -0.25) is 0 Å². The van der Waals surface area contributed by atoms with Gasteiger partial charge in [0.25, 0.3) is 0 Å². The van der Waals surface area contributed by atoms with Crippen LogP contribution < -0.4 is 10.0 Å². The molecule has 1 saturated heterocycles. The maximum atomic E-state index is 11.7. The summed E-state index contributed by atoms with van der Waals surface area (Å²) in [4.78, 5) is 0. The first-order chi connectivity index (χ1) is 8.09. The summed E-state index contributed by atoms with van der Waals surface area (Å²) in [5.41, 5.74) is 0. The van der Waals surface area contributed by atoms with Gasteiger partial charge in [-0.2, -0.15) is 0 Å². The summed E-state index contributed by atoms with van der Waals surface area (Å²) in [6.07, 6.45) is 5.20. The Morgan fingerprint density at radius 1 is 1.35 bits per heavy atom. The van der Waals surface area contributed by atoms with Crippen LogP contribution in [0.25, 0.3) is 0 Å². The van der Waals surface area contributed by atoms with Crippen molar-refractivity contribution >= 4 is 10.0 Å². The third-order valence-electron chi connectivity index (χ3n) is 3.54. The number of hydrogen-bond acceptors (Lipinski definition) is 3. The molecular weight excluding hydrogens is 236 g/mol. The smallest absolute Gasteiger partial charge is 0.211 e. The molecule has 0 aliphatic carbocycles. The van der Waals surface area contributed by atoms with Crippen LogP contribution in [0.2, 0.25) is 0 Å². The molecule has 0 aromatic carbocycles. The van der Waals surface area contributed by atoms with Gasteiger partial charge < -0.3 is 5.32 Å². The summed E-state index contributed by atoms with van der Waals surface area (Å²) in [6, 6.07) is 0.310. The minimum atomic E-state index is -3.06. The Balaban J connectivity index is 2.37. The van der Waals surface area contributed by atoms with E-state index in [2.05, 4.69) is 17.0 Å². The molecule has 1 fully saturated rings. The number of hydrogen-bond donors (Lipinski definition) is 2. The summed E-state index contributed by atoms with van der Waals surface area (Å²) in [7, 11) is -3.06. The Labute approximate surface area is 106 Å². The van der Waals surface area contributed by atoms with Gasteiger partial charge in [-0.25, -0.2) is 13.1 Å². The fraction of sp³-hybridized carbons (Fsp3) is 1.00. The first kappa shape index (κ1) is 14.9. The maximum Gasteiger partial charge on any atom is 0.211 e. The zero-order valence-electron chi connectivity index (χ0n) is 11.0. The number of rotatable bonds is 7. The van der Waals surface area contributed by atoms with Gasteiger partial charge in [0.15, 0.2) is 0 Å². The van der Waals surface area contributed by atoms with Gasteiger partial charge in [-0.15, -0.1) is 0 Å². The molecule has 2 atom stereocenters. The Kier molecular flexibility index (Phi) is 6.44. The van der Waals surface area contributed by atoms with Crippen molar-refractivity contribution in [1.82, 2.24) is 10.0 Å². The molecule has 1 rings (SSSR count). The molecule has 0 spiro atoms. The van der Waals surface area contributed by atoms with Crippen LogP contribution in [0.5, 0.6) is 0 Å². The quantitative estimate of drug-likeness (QED) is 0.731. The lowest BCUT2D eigenvalue weighted by Gasteiger charge is -2.32. The largest absolute Gasteiger partial charge is 0.312 e. The Hall–Kier alpha value is -0.130. The lowest BCUT2D eigenvalue weighted by Crippen LogP contribution is -2.48. The lowest BCUT2D eigenvalue weighted by atomic mass is 9.89. The van der Waals surface area contributed by atoms with Crippen LogP contribution in [0.4, 0.5) is 0 Å². The summed E-state index contributed by atoms with van der Waals surface area (Å²) >= 11 is 0. The van der Waals surface area contributed by atoms with E-state index in [1.165, 1.54) is 12.8 Å². The first-order valence-electron chi connectivity index (χ1n) is 6.79. The number of nitrogens with one attached hydrogen (secondary N) is 2. The van der Waals surface area contributed by atoms with Crippen molar-refractivity contribution < 1.29 is 8.42 Å². The second kappa shape index (κ2) is 7.34. The molecule has 5 heteroatoms. The van der Waals surface area contributed by atoms with E-state index in [1.807, 2.05) is 6.92 Å². The number of sulfonamides is 1. The van der Waals surface area contributed by atoms with Crippen LogP contribution in [0.1, 0.15) is 46.0 Å². The van der Waals surface area contributed by atoms with Crippen molar-refractivity contribution in [2.24, 2.45) is 5.92 Å². The van der Waals surface area contributed by atoms with Crippen molar-refractivity contribution in [2.75, 3.05) is 18.8 Å². The molecular formula is C12H26N2O2S. The molecule has 17 heavy (non-hydrogen) atoms. The van der Waals surface area contributed by atoms with Crippen LogP contribution in [0.15, 0.2) is 0 Å². The van der Waals surface area contributed by atoms with Crippen LogP contribution >= 0.6 is 0 Å². The predicted molar refractivity (Wildman–Crippen MR) is 71.5 cm³/mol. The van der Waals surface area contributed by atoms with Gasteiger partial charge in [-0.05, 0) is 31.7 Å². The predicted octanol–water partition coefficient (Wildman–Crippen LogP) is 1.48. The molecule has 1 aliphatic heterocycles. The molecule has 2 unspecified atom stereocenters. The fourth-order valence-electron chi connectivity index (χ4n) is 2.37.